The van der Waals surface area contributed by atoms with E-state index in [0.29, 0.717) is 0 Å². The number of fused-ring (bicyclic) bond motifs is 7. The Morgan fingerprint density at radius 2 is 1.43 bits per heavy atom. The molecule has 3 aromatic rings. The highest BCUT2D eigenvalue weighted by Gasteiger charge is 2.45. The SMILES string of the molecule is c1ccc2c(c1)-c1ccc3ccccc3c1C21CCCC1. The van der Waals surface area contributed by atoms with E-state index in [4.69, 9.17) is 0 Å². The first-order valence-electron chi connectivity index (χ1n) is 8.02. The Balaban J connectivity index is 1.97. The van der Waals surface area contributed by atoms with Gasteiger partial charge in [0, 0.05) is 5.41 Å². The van der Waals surface area contributed by atoms with Gasteiger partial charge in [-0.15, -0.1) is 0 Å². The van der Waals surface area contributed by atoms with Gasteiger partial charge in [0.1, 0.15) is 0 Å². The molecule has 0 unspecified atom stereocenters. The average molecular weight is 270 g/mol. The zero-order valence-electron chi connectivity index (χ0n) is 12.1. The van der Waals surface area contributed by atoms with Gasteiger partial charge < -0.3 is 0 Å². The molecule has 102 valence electrons. The van der Waals surface area contributed by atoms with Crippen molar-refractivity contribution < 1.29 is 0 Å². The van der Waals surface area contributed by atoms with Gasteiger partial charge in [0.05, 0.1) is 0 Å². The van der Waals surface area contributed by atoms with Gasteiger partial charge in [-0.05, 0) is 45.9 Å². The Morgan fingerprint density at radius 3 is 2.33 bits per heavy atom. The van der Waals surface area contributed by atoms with Gasteiger partial charge in [-0.3, -0.25) is 0 Å². The Kier molecular flexibility index (Phi) is 2.19. The van der Waals surface area contributed by atoms with Crippen molar-refractivity contribution in [2.45, 2.75) is 31.1 Å². The maximum atomic E-state index is 2.37. The Morgan fingerprint density at radius 1 is 0.667 bits per heavy atom. The van der Waals surface area contributed by atoms with Gasteiger partial charge in [0.15, 0.2) is 0 Å². The van der Waals surface area contributed by atoms with E-state index in [2.05, 4.69) is 60.7 Å². The molecule has 1 fully saturated rings. The fraction of sp³-hybridized carbons (Fsp3) is 0.238. The van der Waals surface area contributed by atoms with Crippen LogP contribution in [0.1, 0.15) is 36.8 Å². The fourth-order valence-corrected chi connectivity index (χ4v) is 4.78. The molecular weight excluding hydrogens is 252 g/mol. The van der Waals surface area contributed by atoms with E-state index in [9.17, 15) is 0 Å². The van der Waals surface area contributed by atoms with Gasteiger partial charge >= 0.3 is 0 Å². The Labute approximate surface area is 125 Å². The first-order valence-corrected chi connectivity index (χ1v) is 8.02. The molecule has 0 heterocycles. The molecule has 0 saturated heterocycles. The molecular formula is C21H18. The van der Waals surface area contributed by atoms with Crippen molar-refractivity contribution in [2.75, 3.05) is 0 Å². The molecule has 1 saturated carbocycles. The fourth-order valence-electron chi connectivity index (χ4n) is 4.78. The van der Waals surface area contributed by atoms with Crippen LogP contribution in [0.15, 0.2) is 60.7 Å². The summed E-state index contributed by atoms with van der Waals surface area (Å²) in [4.78, 5) is 0. The summed E-state index contributed by atoms with van der Waals surface area (Å²) in [6, 6.07) is 22.6. The van der Waals surface area contributed by atoms with Crippen LogP contribution in [-0.4, -0.2) is 0 Å². The lowest BCUT2D eigenvalue weighted by atomic mass is 9.75. The standard InChI is InChI=1S/C21H18/c1-2-8-16-15(7-1)11-12-18-17-9-3-4-10-19(17)21(20(16)18)13-5-6-14-21/h1-4,7-12H,5-6,13-14H2. The molecule has 21 heavy (non-hydrogen) atoms. The highest BCUT2D eigenvalue weighted by molar-refractivity contribution is 5.97. The summed E-state index contributed by atoms with van der Waals surface area (Å²) in [5.74, 6) is 0. The third kappa shape index (κ3) is 1.35. The minimum absolute atomic E-state index is 0.285. The van der Waals surface area contributed by atoms with Crippen LogP contribution in [0.5, 0.6) is 0 Å². The van der Waals surface area contributed by atoms with E-state index in [0.717, 1.165) is 0 Å². The van der Waals surface area contributed by atoms with E-state index in [1.165, 1.54) is 47.6 Å². The van der Waals surface area contributed by atoms with Crippen LogP contribution in [0.4, 0.5) is 0 Å². The van der Waals surface area contributed by atoms with E-state index < -0.39 is 0 Å². The van der Waals surface area contributed by atoms with Crippen molar-refractivity contribution >= 4 is 10.8 Å². The van der Waals surface area contributed by atoms with E-state index >= 15 is 0 Å². The van der Waals surface area contributed by atoms with Gasteiger partial charge in [-0.2, -0.15) is 0 Å². The number of rotatable bonds is 0. The van der Waals surface area contributed by atoms with Crippen molar-refractivity contribution in [1.82, 2.24) is 0 Å². The van der Waals surface area contributed by atoms with Crippen LogP contribution in [0.2, 0.25) is 0 Å². The lowest BCUT2D eigenvalue weighted by molar-refractivity contribution is 0.554. The second kappa shape index (κ2) is 3.98. The van der Waals surface area contributed by atoms with Crippen LogP contribution in [-0.2, 0) is 5.41 Å². The first kappa shape index (κ1) is 11.6. The van der Waals surface area contributed by atoms with Crippen LogP contribution < -0.4 is 0 Å². The summed E-state index contributed by atoms with van der Waals surface area (Å²) in [5, 5.41) is 2.85. The van der Waals surface area contributed by atoms with Crippen LogP contribution in [0, 0.1) is 0 Å². The van der Waals surface area contributed by atoms with Gasteiger partial charge in [0.25, 0.3) is 0 Å². The summed E-state index contributed by atoms with van der Waals surface area (Å²) in [5.41, 5.74) is 6.42. The smallest absolute Gasteiger partial charge is 0.0221 e. The second-order valence-corrected chi connectivity index (χ2v) is 6.54. The number of hydrogen-bond donors (Lipinski definition) is 0. The first-order chi connectivity index (χ1) is 10.4. The van der Waals surface area contributed by atoms with Gasteiger partial charge in [0.2, 0.25) is 0 Å². The van der Waals surface area contributed by atoms with Gasteiger partial charge in [-0.25, -0.2) is 0 Å². The molecule has 1 spiro atoms. The van der Waals surface area contributed by atoms with Crippen LogP contribution >= 0.6 is 0 Å². The molecule has 2 aliphatic rings. The molecule has 3 aromatic carbocycles. The molecule has 0 aliphatic heterocycles. The molecule has 0 bridgehead atoms. The molecule has 2 aliphatic carbocycles. The summed E-state index contributed by atoms with van der Waals surface area (Å²) in [6.07, 6.45) is 5.34. The largest absolute Gasteiger partial charge is 0.0619 e. The van der Waals surface area contributed by atoms with Gasteiger partial charge in [-0.1, -0.05) is 73.5 Å². The third-order valence-corrected chi connectivity index (χ3v) is 5.60. The lowest BCUT2D eigenvalue weighted by Gasteiger charge is -2.27. The summed E-state index contributed by atoms with van der Waals surface area (Å²) in [6.45, 7) is 0. The minimum atomic E-state index is 0.285. The highest BCUT2D eigenvalue weighted by Crippen LogP contribution is 2.58. The monoisotopic (exact) mass is 270 g/mol. The normalized spacial score (nSPS) is 18.1. The zero-order chi connectivity index (χ0) is 13.9. The molecule has 0 atom stereocenters. The molecule has 0 N–H and O–H groups in total. The second-order valence-electron chi connectivity index (χ2n) is 6.54. The molecule has 5 rings (SSSR count). The summed E-state index contributed by atoms with van der Waals surface area (Å²) >= 11 is 0. The van der Waals surface area contributed by atoms with E-state index in [1.54, 1.807) is 11.1 Å². The van der Waals surface area contributed by atoms with Crippen molar-refractivity contribution in [2.24, 2.45) is 0 Å². The average Bonchev–Trinajstić information content (AvgIpc) is 3.14. The lowest BCUT2D eigenvalue weighted by Crippen LogP contribution is -2.20. The van der Waals surface area contributed by atoms with Crippen molar-refractivity contribution in [3.63, 3.8) is 0 Å². The molecule has 0 nitrogen and oxygen atoms in total. The highest BCUT2D eigenvalue weighted by atomic mass is 14.5. The van der Waals surface area contributed by atoms with Crippen molar-refractivity contribution in [3.8, 4) is 11.1 Å². The summed E-state index contributed by atoms with van der Waals surface area (Å²) < 4.78 is 0. The third-order valence-electron chi connectivity index (χ3n) is 5.60. The Hall–Kier alpha value is -2.08. The maximum Gasteiger partial charge on any atom is 0.0221 e. The molecule has 0 amide bonds. The predicted molar refractivity (Wildman–Crippen MR) is 88.6 cm³/mol. The molecule has 0 radical (unpaired) electrons. The zero-order valence-corrected chi connectivity index (χ0v) is 12.1. The number of benzene rings is 3. The van der Waals surface area contributed by atoms with Crippen LogP contribution in [0.3, 0.4) is 0 Å². The van der Waals surface area contributed by atoms with E-state index in [-0.39, 0.29) is 5.41 Å². The molecule has 0 heteroatoms. The van der Waals surface area contributed by atoms with Crippen molar-refractivity contribution in [3.05, 3.63) is 71.8 Å². The molecule has 0 aromatic heterocycles. The van der Waals surface area contributed by atoms with Crippen molar-refractivity contribution in [1.29, 1.82) is 0 Å². The Bertz CT molecular complexity index is 851. The topological polar surface area (TPSA) is 0 Å². The quantitative estimate of drug-likeness (QED) is 0.493. The minimum Gasteiger partial charge on any atom is -0.0619 e. The maximum absolute atomic E-state index is 2.37. The number of hydrogen-bond acceptors (Lipinski definition) is 0. The van der Waals surface area contributed by atoms with Crippen LogP contribution in [0.25, 0.3) is 21.9 Å². The summed E-state index contributed by atoms with van der Waals surface area (Å²) in [7, 11) is 0. The predicted octanol–water partition coefficient (Wildman–Crippen LogP) is 5.68. The van der Waals surface area contributed by atoms with E-state index in [1.807, 2.05) is 0 Å².